The summed E-state index contributed by atoms with van der Waals surface area (Å²) in [6, 6.07) is 3.11. The van der Waals surface area contributed by atoms with Gasteiger partial charge in [0, 0.05) is 35.0 Å². The second-order valence-corrected chi connectivity index (χ2v) is 11.7. The van der Waals surface area contributed by atoms with Crippen LogP contribution in [0.4, 0.5) is 10.1 Å². The fourth-order valence-corrected chi connectivity index (χ4v) is 5.36. The minimum Gasteiger partial charge on any atom is -0.492 e. The van der Waals surface area contributed by atoms with Crippen molar-refractivity contribution in [1.29, 1.82) is 0 Å². The predicted octanol–water partition coefficient (Wildman–Crippen LogP) is 3.16. The van der Waals surface area contributed by atoms with Crippen molar-refractivity contribution in [3.63, 3.8) is 0 Å². The Morgan fingerprint density at radius 2 is 1.94 bits per heavy atom. The largest absolute Gasteiger partial charge is 0.492 e. The van der Waals surface area contributed by atoms with Crippen LogP contribution in [0.1, 0.15) is 37.8 Å². The molecule has 1 aromatic carbocycles. The number of methoxy groups -OCH3 is 1. The summed E-state index contributed by atoms with van der Waals surface area (Å²) in [5, 5.41) is 10.3. The Labute approximate surface area is 211 Å². The van der Waals surface area contributed by atoms with E-state index in [2.05, 4.69) is 14.6 Å². The van der Waals surface area contributed by atoms with Crippen molar-refractivity contribution in [3.05, 3.63) is 35.3 Å². The van der Waals surface area contributed by atoms with E-state index in [1.807, 2.05) is 13.8 Å². The highest BCUT2D eigenvalue weighted by Gasteiger charge is 2.30. The molecule has 0 spiro atoms. The summed E-state index contributed by atoms with van der Waals surface area (Å²) in [4.78, 5) is 6.46. The number of likely N-dealkylation sites (tertiary alicyclic amines) is 1. The van der Waals surface area contributed by atoms with Gasteiger partial charge in [-0.15, -0.1) is 0 Å². The van der Waals surface area contributed by atoms with Crippen LogP contribution in [0.15, 0.2) is 18.3 Å². The van der Waals surface area contributed by atoms with Gasteiger partial charge >= 0.3 is 0 Å². The molecule has 36 heavy (non-hydrogen) atoms. The molecule has 0 atom stereocenters. The number of nitrogens with one attached hydrogen (secondary N) is 1. The molecule has 1 fully saturated rings. The van der Waals surface area contributed by atoms with Gasteiger partial charge in [-0.1, -0.05) is 0 Å². The van der Waals surface area contributed by atoms with Gasteiger partial charge in [-0.2, -0.15) is 0 Å². The molecule has 0 radical (unpaired) electrons. The topological polar surface area (TPSA) is 110 Å². The Kier molecular flexibility index (Phi) is 7.75. The first-order valence-corrected chi connectivity index (χ1v) is 13.9. The molecule has 198 valence electrons. The summed E-state index contributed by atoms with van der Waals surface area (Å²) in [7, 11) is -2.22. The number of benzene rings is 1. The average molecular weight is 524 g/mol. The van der Waals surface area contributed by atoms with Crippen LogP contribution in [0.5, 0.6) is 11.6 Å². The minimum atomic E-state index is -3.60. The van der Waals surface area contributed by atoms with Crippen LogP contribution in [0.25, 0.3) is 11.1 Å². The zero-order chi connectivity index (χ0) is 26.1. The van der Waals surface area contributed by atoms with Gasteiger partial charge < -0.3 is 19.3 Å². The zero-order valence-corrected chi connectivity index (χ0v) is 22.0. The number of pyridine rings is 1. The first kappa shape index (κ1) is 26.6. The molecule has 9 nitrogen and oxygen atoms in total. The Bertz CT molecular complexity index is 1210. The average Bonchev–Trinajstić information content (AvgIpc) is 3.30. The van der Waals surface area contributed by atoms with Crippen LogP contribution in [-0.4, -0.2) is 68.6 Å². The number of hydrogen-bond donors (Lipinski definition) is 2. The normalized spacial score (nSPS) is 17.2. The number of hydrogen-bond acceptors (Lipinski definition) is 8. The second-order valence-electron chi connectivity index (χ2n) is 9.96. The van der Waals surface area contributed by atoms with Crippen molar-refractivity contribution in [2.24, 2.45) is 5.92 Å². The minimum absolute atomic E-state index is 0.0823. The van der Waals surface area contributed by atoms with Crippen molar-refractivity contribution in [2.45, 2.75) is 45.5 Å². The van der Waals surface area contributed by atoms with E-state index in [-0.39, 0.29) is 36.3 Å². The maximum atomic E-state index is 15.5. The predicted molar refractivity (Wildman–Crippen MR) is 134 cm³/mol. The Balaban J connectivity index is 1.53. The standard InChI is InChI=1S/C25H34FN3O6S/c1-25(2,30)17-5-7-29(8-6-17)9-10-35-22-12-18(23(26)20-15-34-14-19(20)22)16-11-21(28-36(4,31)32)24(33-3)27-13-16/h11-13,17,28,30H,5-10,14-15H2,1-4H3. The zero-order valence-electron chi connectivity index (χ0n) is 21.1. The fourth-order valence-electron chi connectivity index (χ4n) is 4.81. The van der Waals surface area contributed by atoms with Crippen molar-refractivity contribution >= 4 is 15.7 Å². The third-order valence-electron chi connectivity index (χ3n) is 6.83. The number of sulfonamides is 1. The molecular formula is C25H34FN3O6S. The number of halogens is 1. The lowest BCUT2D eigenvalue weighted by molar-refractivity contribution is -0.0137. The molecule has 2 aromatic rings. The van der Waals surface area contributed by atoms with Crippen LogP contribution >= 0.6 is 0 Å². The van der Waals surface area contributed by atoms with Crippen molar-refractivity contribution < 1.29 is 32.1 Å². The van der Waals surface area contributed by atoms with E-state index in [0.29, 0.717) is 35.6 Å². The third kappa shape index (κ3) is 6.08. The molecule has 2 N–H and O–H groups in total. The first-order valence-electron chi connectivity index (χ1n) is 12.0. The number of aliphatic hydroxyl groups is 1. The van der Waals surface area contributed by atoms with E-state index < -0.39 is 21.4 Å². The van der Waals surface area contributed by atoms with E-state index in [4.69, 9.17) is 14.2 Å². The summed E-state index contributed by atoms with van der Waals surface area (Å²) < 4.78 is 58.2. The number of piperidine rings is 1. The number of rotatable bonds is 9. The summed E-state index contributed by atoms with van der Waals surface area (Å²) in [5.74, 6) is 0.466. The SMILES string of the molecule is COc1ncc(-c2cc(OCCN3CCC(C(C)(C)O)CC3)c3c(c2F)COC3)cc1NS(C)(=O)=O. The molecule has 2 aliphatic heterocycles. The number of fused-ring (bicyclic) bond motifs is 1. The monoisotopic (exact) mass is 523 g/mol. The molecule has 1 saturated heterocycles. The molecule has 0 unspecified atom stereocenters. The molecule has 11 heteroatoms. The molecule has 1 aromatic heterocycles. The molecule has 0 saturated carbocycles. The van der Waals surface area contributed by atoms with Gasteiger partial charge in [0.25, 0.3) is 0 Å². The van der Waals surface area contributed by atoms with E-state index in [1.165, 1.54) is 19.4 Å². The van der Waals surface area contributed by atoms with E-state index in [0.717, 1.165) is 32.2 Å². The Morgan fingerprint density at radius 3 is 2.58 bits per heavy atom. The number of aromatic nitrogens is 1. The summed E-state index contributed by atoms with van der Waals surface area (Å²) >= 11 is 0. The van der Waals surface area contributed by atoms with Gasteiger partial charge in [0.1, 0.15) is 23.9 Å². The molecule has 2 aliphatic rings. The molecule has 0 amide bonds. The summed E-state index contributed by atoms with van der Waals surface area (Å²) in [6.45, 7) is 7.05. The number of anilines is 1. The lowest BCUT2D eigenvalue weighted by atomic mass is 9.83. The van der Waals surface area contributed by atoms with Crippen LogP contribution in [-0.2, 0) is 28.0 Å². The van der Waals surface area contributed by atoms with Crippen molar-refractivity contribution in [3.8, 4) is 22.8 Å². The van der Waals surface area contributed by atoms with E-state index in [9.17, 15) is 13.5 Å². The van der Waals surface area contributed by atoms with Gasteiger partial charge in [-0.3, -0.25) is 9.62 Å². The Morgan fingerprint density at radius 1 is 1.25 bits per heavy atom. The van der Waals surface area contributed by atoms with Gasteiger partial charge in [0.05, 0.1) is 32.2 Å². The van der Waals surface area contributed by atoms with Crippen LogP contribution in [0.3, 0.4) is 0 Å². The lowest BCUT2D eigenvalue weighted by Gasteiger charge is -2.37. The van der Waals surface area contributed by atoms with Crippen molar-refractivity contribution in [1.82, 2.24) is 9.88 Å². The fraction of sp³-hybridized carbons (Fsp3) is 0.560. The van der Waals surface area contributed by atoms with E-state index in [1.54, 1.807) is 6.07 Å². The van der Waals surface area contributed by atoms with Crippen LogP contribution < -0.4 is 14.2 Å². The smallest absolute Gasteiger partial charge is 0.238 e. The molecular weight excluding hydrogens is 489 g/mol. The van der Waals surface area contributed by atoms with Crippen LogP contribution in [0.2, 0.25) is 0 Å². The highest BCUT2D eigenvalue weighted by Crippen LogP contribution is 2.39. The summed E-state index contributed by atoms with van der Waals surface area (Å²) in [6.07, 6.45) is 4.32. The summed E-state index contributed by atoms with van der Waals surface area (Å²) in [5.41, 5.74) is 1.20. The van der Waals surface area contributed by atoms with Gasteiger partial charge in [-0.25, -0.2) is 17.8 Å². The maximum absolute atomic E-state index is 15.5. The first-order chi connectivity index (χ1) is 17.0. The maximum Gasteiger partial charge on any atom is 0.238 e. The van der Waals surface area contributed by atoms with Crippen molar-refractivity contribution in [2.75, 3.05) is 44.3 Å². The highest BCUT2D eigenvalue weighted by atomic mass is 32.2. The number of nitrogens with zero attached hydrogens (tertiary/aromatic N) is 2. The van der Waals surface area contributed by atoms with E-state index >= 15 is 4.39 Å². The third-order valence-corrected chi connectivity index (χ3v) is 7.42. The number of ether oxygens (including phenoxy) is 3. The van der Waals surface area contributed by atoms with Gasteiger partial charge in [0.15, 0.2) is 0 Å². The molecule has 0 aliphatic carbocycles. The van der Waals surface area contributed by atoms with Gasteiger partial charge in [-0.05, 0) is 57.8 Å². The molecule has 3 heterocycles. The highest BCUT2D eigenvalue weighted by molar-refractivity contribution is 7.92. The molecule has 4 rings (SSSR count). The second kappa shape index (κ2) is 10.5. The lowest BCUT2D eigenvalue weighted by Crippen LogP contribution is -2.43. The quantitative estimate of drug-likeness (QED) is 0.516. The molecule has 0 bridgehead atoms. The van der Waals surface area contributed by atoms with Crippen LogP contribution in [0, 0.1) is 11.7 Å². The Hall–Kier alpha value is -2.47. The van der Waals surface area contributed by atoms with Gasteiger partial charge in [0.2, 0.25) is 15.9 Å².